The molecule has 168 valence electrons. The van der Waals surface area contributed by atoms with E-state index in [-0.39, 0.29) is 35.6 Å². The van der Waals surface area contributed by atoms with Gasteiger partial charge in [-0.15, -0.1) is 0 Å². The van der Waals surface area contributed by atoms with Gasteiger partial charge in [-0.05, 0) is 56.0 Å². The second-order valence-corrected chi connectivity index (χ2v) is 10.9. The van der Waals surface area contributed by atoms with Crippen LogP contribution in [0, 0.1) is 5.92 Å². The molecule has 0 saturated carbocycles. The third-order valence-corrected chi connectivity index (χ3v) is 8.62. The Morgan fingerprint density at radius 2 is 1.91 bits per heavy atom. The Labute approximate surface area is 191 Å². The Kier molecular flexibility index (Phi) is 6.41. The van der Waals surface area contributed by atoms with Gasteiger partial charge in [0.2, 0.25) is 15.9 Å². The number of Topliss-reactive ketones (excluding diaryl/α,β-unsaturated/α-hetero) is 1. The third kappa shape index (κ3) is 4.60. The maximum Gasteiger partial charge on any atom is 0.243 e. The molecule has 0 spiro atoms. The summed E-state index contributed by atoms with van der Waals surface area (Å²) in [6.45, 7) is 4.01. The Bertz CT molecular complexity index is 1280. The number of sulfonamides is 1. The van der Waals surface area contributed by atoms with E-state index in [9.17, 15) is 18.0 Å². The van der Waals surface area contributed by atoms with Crippen LogP contribution in [0.25, 0.3) is 10.2 Å². The predicted molar refractivity (Wildman–Crippen MR) is 126 cm³/mol. The number of anilines is 1. The summed E-state index contributed by atoms with van der Waals surface area (Å²) in [6, 6.07) is 12.2. The van der Waals surface area contributed by atoms with Crippen LogP contribution in [0.1, 0.15) is 42.6 Å². The highest BCUT2D eigenvalue weighted by molar-refractivity contribution is 7.89. The minimum atomic E-state index is -3.71. The van der Waals surface area contributed by atoms with Crippen LogP contribution < -0.4 is 5.32 Å². The van der Waals surface area contributed by atoms with E-state index in [4.69, 9.17) is 0 Å². The molecule has 1 aromatic heterocycles. The molecule has 7 nitrogen and oxygen atoms in total. The van der Waals surface area contributed by atoms with Crippen molar-refractivity contribution < 1.29 is 18.0 Å². The summed E-state index contributed by atoms with van der Waals surface area (Å²) in [5, 5.41) is 3.47. The minimum Gasteiger partial charge on any atom is -0.302 e. The molecular weight excluding hydrogens is 446 g/mol. The van der Waals surface area contributed by atoms with Crippen molar-refractivity contribution in [2.75, 3.05) is 18.4 Å². The zero-order valence-electron chi connectivity index (χ0n) is 18.0. The van der Waals surface area contributed by atoms with Gasteiger partial charge in [0.1, 0.15) is 0 Å². The number of piperidine rings is 1. The number of rotatable bonds is 6. The Hall–Kier alpha value is -2.62. The number of benzene rings is 2. The molecule has 2 aromatic carbocycles. The quantitative estimate of drug-likeness (QED) is 0.546. The average Bonchev–Trinajstić information content (AvgIpc) is 3.20. The topological polar surface area (TPSA) is 96.4 Å². The first-order valence-electron chi connectivity index (χ1n) is 10.6. The molecule has 3 aromatic rings. The molecule has 9 heteroatoms. The summed E-state index contributed by atoms with van der Waals surface area (Å²) in [6.07, 6.45) is 1.81. The van der Waals surface area contributed by atoms with Crippen molar-refractivity contribution in [2.45, 2.75) is 38.0 Å². The summed E-state index contributed by atoms with van der Waals surface area (Å²) in [4.78, 5) is 29.0. The highest BCUT2D eigenvalue weighted by Gasteiger charge is 2.32. The molecule has 1 saturated heterocycles. The molecule has 0 atom stereocenters. The highest BCUT2D eigenvalue weighted by Crippen LogP contribution is 2.29. The van der Waals surface area contributed by atoms with E-state index in [0.717, 1.165) is 16.6 Å². The SMILES string of the molecule is CCc1ccc2nc(NC(=O)C3CCN(S(=O)(=O)c4cccc(C(C)=O)c4)CC3)sc2c1. The number of fused-ring (bicyclic) bond motifs is 1. The van der Waals surface area contributed by atoms with Gasteiger partial charge >= 0.3 is 0 Å². The fourth-order valence-corrected chi connectivity index (χ4v) is 6.28. The van der Waals surface area contributed by atoms with Gasteiger partial charge in [0.25, 0.3) is 0 Å². The second kappa shape index (κ2) is 9.09. The maximum absolute atomic E-state index is 13.0. The van der Waals surface area contributed by atoms with Gasteiger partial charge < -0.3 is 5.32 Å². The molecule has 1 aliphatic heterocycles. The van der Waals surface area contributed by atoms with Crippen molar-refractivity contribution in [3.63, 3.8) is 0 Å². The Morgan fingerprint density at radius 1 is 1.16 bits per heavy atom. The van der Waals surface area contributed by atoms with Crippen molar-refractivity contribution in [3.8, 4) is 0 Å². The van der Waals surface area contributed by atoms with E-state index in [0.29, 0.717) is 23.5 Å². The number of hydrogen-bond acceptors (Lipinski definition) is 6. The minimum absolute atomic E-state index is 0.106. The summed E-state index contributed by atoms with van der Waals surface area (Å²) in [5.74, 6) is -0.586. The number of ketones is 1. The van der Waals surface area contributed by atoms with Gasteiger partial charge in [-0.2, -0.15) is 4.31 Å². The molecule has 1 fully saturated rings. The summed E-state index contributed by atoms with van der Waals surface area (Å²) < 4.78 is 28.4. The van der Waals surface area contributed by atoms with Crippen LogP contribution in [0.3, 0.4) is 0 Å². The van der Waals surface area contributed by atoms with Gasteiger partial charge in [0, 0.05) is 24.6 Å². The summed E-state index contributed by atoms with van der Waals surface area (Å²) >= 11 is 1.45. The van der Waals surface area contributed by atoms with Gasteiger partial charge in [-0.3, -0.25) is 9.59 Å². The largest absolute Gasteiger partial charge is 0.302 e. The normalized spacial score (nSPS) is 15.7. The molecule has 4 rings (SSSR count). The van der Waals surface area contributed by atoms with E-state index in [1.807, 2.05) is 12.1 Å². The molecular formula is C23H25N3O4S2. The molecule has 32 heavy (non-hydrogen) atoms. The van der Waals surface area contributed by atoms with Crippen molar-refractivity contribution in [1.82, 2.24) is 9.29 Å². The van der Waals surface area contributed by atoms with Crippen molar-refractivity contribution >= 4 is 48.4 Å². The van der Waals surface area contributed by atoms with E-state index >= 15 is 0 Å². The number of thiazole rings is 1. The molecule has 2 heterocycles. The van der Waals surface area contributed by atoms with Crippen molar-refractivity contribution in [3.05, 3.63) is 53.6 Å². The average molecular weight is 472 g/mol. The second-order valence-electron chi connectivity index (χ2n) is 7.93. The zero-order chi connectivity index (χ0) is 22.9. The molecule has 1 amide bonds. The third-order valence-electron chi connectivity index (χ3n) is 5.79. The predicted octanol–water partition coefficient (Wildman–Crippen LogP) is 4.10. The molecule has 0 unspecified atom stereocenters. The number of amides is 1. The van der Waals surface area contributed by atoms with E-state index in [1.54, 1.807) is 12.1 Å². The zero-order valence-corrected chi connectivity index (χ0v) is 19.6. The fourth-order valence-electron chi connectivity index (χ4n) is 3.83. The number of nitrogens with one attached hydrogen (secondary N) is 1. The monoisotopic (exact) mass is 471 g/mol. The van der Waals surface area contributed by atoms with Crippen molar-refractivity contribution in [2.24, 2.45) is 5.92 Å². The standard InChI is InChI=1S/C23H25N3O4S2/c1-3-16-7-8-20-21(13-16)31-23(24-20)25-22(28)17-9-11-26(12-10-17)32(29,30)19-6-4-5-18(14-19)15(2)27/h4-8,13-14,17H,3,9-12H2,1-2H3,(H,24,25,28). The molecule has 0 radical (unpaired) electrons. The first-order chi connectivity index (χ1) is 15.3. The van der Waals surface area contributed by atoms with Gasteiger partial charge in [0.15, 0.2) is 10.9 Å². The van der Waals surface area contributed by atoms with Crippen LogP contribution in [0.4, 0.5) is 5.13 Å². The number of hydrogen-bond donors (Lipinski definition) is 1. The number of nitrogens with zero attached hydrogens (tertiary/aromatic N) is 2. The lowest BCUT2D eigenvalue weighted by Crippen LogP contribution is -2.41. The number of carbonyl (C=O) groups is 2. The highest BCUT2D eigenvalue weighted by atomic mass is 32.2. The van der Waals surface area contributed by atoms with Crippen LogP contribution in [0.15, 0.2) is 47.4 Å². The lowest BCUT2D eigenvalue weighted by atomic mass is 9.97. The van der Waals surface area contributed by atoms with E-state index in [1.165, 1.54) is 40.3 Å². The van der Waals surface area contributed by atoms with E-state index < -0.39 is 10.0 Å². The van der Waals surface area contributed by atoms with Crippen molar-refractivity contribution in [1.29, 1.82) is 0 Å². The number of carbonyl (C=O) groups excluding carboxylic acids is 2. The number of aromatic nitrogens is 1. The van der Waals surface area contributed by atoms with Crippen LogP contribution in [-0.2, 0) is 21.2 Å². The molecule has 1 N–H and O–H groups in total. The lowest BCUT2D eigenvalue weighted by molar-refractivity contribution is -0.120. The number of aryl methyl sites for hydroxylation is 1. The fraction of sp³-hybridized carbons (Fsp3) is 0.348. The van der Waals surface area contributed by atoms with Crippen LogP contribution in [0.5, 0.6) is 0 Å². The molecule has 0 bridgehead atoms. The van der Waals surface area contributed by atoms with Crippen LogP contribution in [-0.4, -0.2) is 42.5 Å². The molecule has 1 aliphatic rings. The Morgan fingerprint density at radius 3 is 2.59 bits per heavy atom. The maximum atomic E-state index is 13.0. The lowest BCUT2D eigenvalue weighted by Gasteiger charge is -2.30. The summed E-state index contributed by atoms with van der Waals surface area (Å²) in [7, 11) is -3.71. The molecule has 0 aliphatic carbocycles. The first kappa shape index (κ1) is 22.6. The van der Waals surface area contributed by atoms with Gasteiger partial charge in [-0.1, -0.05) is 36.5 Å². The first-order valence-corrected chi connectivity index (χ1v) is 12.8. The van der Waals surface area contributed by atoms with Crippen LogP contribution in [0.2, 0.25) is 0 Å². The smallest absolute Gasteiger partial charge is 0.243 e. The van der Waals surface area contributed by atoms with E-state index in [2.05, 4.69) is 23.3 Å². The van der Waals surface area contributed by atoms with Gasteiger partial charge in [-0.25, -0.2) is 13.4 Å². The summed E-state index contributed by atoms with van der Waals surface area (Å²) in [5.41, 5.74) is 2.44. The van der Waals surface area contributed by atoms with Gasteiger partial charge in [0.05, 0.1) is 15.1 Å². The Balaban J connectivity index is 1.40. The van der Waals surface area contributed by atoms with Crippen LogP contribution >= 0.6 is 11.3 Å².